The van der Waals surface area contributed by atoms with E-state index < -0.39 is 23.9 Å². The smallest absolute Gasteiger partial charge is 0.386 e. The summed E-state index contributed by atoms with van der Waals surface area (Å²) in [5.74, 6) is -1.76. The Bertz CT molecular complexity index is 635. The fourth-order valence-electron chi connectivity index (χ4n) is 1.67. The van der Waals surface area contributed by atoms with Gasteiger partial charge in [-0.25, -0.2) is 14.4 Å². The van der Waals surface area contributed by atoms with Gasteiger partial charge in [0.1, 0.15) is 26.4 Å². The van der Waals surface area contributed by atoms with Crippen molar-refractivity contribution in [3.63, 3.8) is 0 Å². The first-order chi connectivity index (χ1) is 13.1. The molecule has 0 fully saturated rings. The van der Waals surface area contributed by atoms with Crippen molar-refractivity contribution in [1.29, 1.82) is 0 Å². The summed E-state index contributed by atoms with van der Waals surface area (Å²) in [4.78, 5) is 50.6. The fourth-order valence-corrected chi connectivity index (χ4v) is 1.67. The van der Waals surface area contributed by atoms with E-state index in [2.05, 4.69) is 18.1 Å². The number of rotatable bonds is 11. The van der Waals surface area contributed by atoms with Gasteiger partial charge in [-0.2, -0.15) is 11.5 Å². The van der Waals surface area contributed by atoms with Crippen LogP contribution in [0.5, 0.6) is 0 Å². The van der Waals surface area contributed by atoms with Gasteiger partial charge in [0, 0.05) is 18.1 Å². The van der Waals surface area contributed by atoms with Crippen LogP contribution in [-0.2, 0) is 28.6 Å². The van der Waals surface area contributed by atoms with Crippen molar-refractivity contribution < 1.29 is 33.4 Å². The maximum Gasteiger partial charge on any atom is 0.386 e. The van der Waals surface area contributed by atoms with Crippen molar-refractivity contribution in [3.8, 4) is 0 Å². The highest BCUT2D eigenvalue weighted by Crippen LogP contribution is 2.03. The molecule has 0 aliphatic rings. The van der Waals surface area contributed by atoms with Crippen LogP contribution in [0.25, 0.3) is 4.95 Å². The van der Waals surface area contributed by atoms with Gasteiger partial charge in [0.15, 0.2) is 0 Å². The van der Waals surface area contributed by atoms with Gasteiger partial charge >= 0.3 is 23.9 Å². The van der Waals surface area contributed by atoms with Crippen LogP contribution in [0.3, 0.4) is 0 Å². The van der Waals surface area contributed by atoms with Crippen LogP contribution in [0.4, 0.5) is 4.79 Å². The molecule has 0 rings (SSSR count). The van der Waals surface area contributed by atoms with Gasteiger partial charge < -0.3 is 19.1 Å². The van der Waals surface area contributed by atoms with E-state index in [1.54, 1.807) is 0 Å². The monoisotopic (exact) mass is 395 g/mol. The molecule has 0 aromatic carbocycles. The van der Waals surface area contributed by atoms with E-state index in [4.69, 9.17) is 20.8 Å². The van der Waals surface area contributed by atoms with Crippen LogP contribution >= 0.6 is 0 Å². The molecule has 0 saturated heterocycles. The molecule has 0 heterocycles. The third kappa shape index (κ3) is 9.96. The number of hydrogen-bond acceptors (Lipinski definition) is 7. The fraction of sp³-hybridized carbons (Fsp3) is 0.500. The first-order valence-electron chi connectivity index (χ1n) is 8.32. The van der Waals surface area contributed by atoms with E-state index in [1.807, 2.05) is 0 Å². The Labute approximate surface area is 164 Å². The number of hydrogen-bond donors (Lipinski definition) is 0. The number of esters is 3. The minimum Gasteiger partial charge on any atom is -0.464 e. The van der Waals surface area contributed by atoms with Crippen LogP contribution < -0.4 is 0 Å². The number of carbonyl (C=O) groups excluding carboxylic acids is 4. The van der Waals surface area contributed by atoms with Gasteiger partial charge in [-0.05, 0) is 18.9 Å². The molecule has 0 radical (unpaired) electrons. The zero-order valence-electron chi connectivity index (χ0n) is 16.4. The predicted molar refractivity (Wildman–Crippen MR) is 98.5 cm³/mol. The van der Waals surface area contributed by atoms with Crippen molar-refractivity contribution >= 4 is 23.9 Å². The first kappa shape index (κ1) is 24.7. The maximum absolute atomic E-state index is 12.6. The van der Waals surface area contributed by atoms with E-state index in [9.17, 15) is 19.2 Å². The van der Waals surface area contributed by atoms with Gasteiger partial charge in [0.25, 0.3) is 0 Å². The number of urea groups is 1. The quantitative estimate of drug-likeness (QED) is 0.171. The Morgan fingerprint density at radius 2 is 1.25 bits per heavy atom. The molecule has 0 aromatic heterocycles. The SMILES string of the molecule is [C-]#[N+]N(CCOC(C)=O)C(=O)N(CCOC(=O)C(=C)C)CCOC(=O)C(=C)C. The molecule has 0 aliphatic heterocycles. The van der Waals surface area contributed by atoms with Crippen LogP contribution in [0.1, 0.15) is 20.8 Å². The van der Waals surface area contributed by atoms with Gasteiger partial charge in [-0.15, -0.1) is 0 Å². The largest absolute Gasteiger partial charge is 0.464 e. The second kappa shape index (κ2) is 12.9. The topological polar surface area (TPSA) is 107 Å². The molecular formula is C18H25N3O7. The highest BCUT2D eigenvalue weighted by atomic mass is 16.5. The lowest BCUT2D eigenvalue weighted by atomic mass is 10.4. The third-order valence-corrected chi connectivity index (χ3v) is 3.11. The third-order valence-electron chi connectivity index (χ3n) is 3.11. The Kier molecular flexibility index (Phi) is 11.4. The molecule has 0 saturated carbocycles. The molecule has 2 amide bonds. The summed E-state index contributed by atoms with van der Waals surface area (Å²) in [6, 6.07) is -0.708. The lowest BCUT2D eigenvalue weighted by Gasteiger charge is -2.23. The zero-order valence-corrected chi connectivity index (χ0v) is 16.4. The van der Waals surface area contributed by atoms with E-state index in [0.29, 0.717) is 0 Å². The summed E-state index contributed by atoms with van der Waals surface area (Å²) in [6.45, 7) is 17.6. The minimum absolute atomic E-state index is 0.0396. The summed E-state index contributed by atoms with van der Waals surface area (Å²) < 4.78 is 14.6. The summed E-state index contributed by atoms with van der Waals surface area (Å²) in [5, 5.41) is 0.768. The predicted octanol–water partition coefficient (Wildman–Crippen LogP) is 1.35. The Morgan fingerprint density at radius 3 is 1.61 bits per heavy atom. The van der Waals surface area contributed by atoms with Crippen molar-refractivity contribution in [2.24, 2.45) is 0 Å². The lowest BCUT2D eigenvalue weighted by molar-refractivity contribution is -0.141. The van der Waals surface area contributed by atoms with Gasteiger partial charge in [-0.3, -0.25) is 4.79 Å². The minimum atomic E-state index is -0.708. The molecule has 0 N–H and O–H groups in total. The second-order valence-electron chi connectivity index (χ2n) is 5.67. The summed E-state index contributed by atoms with van der Waals surface area (Å²) >= 11 is 0. The lowest BCUT2D eigenvalue weighted by Crippen LogP contribution is -2.44. The van der Waals surface area contributed by atoms with E-state index in [0.717, 1.165) is 5.01 Å². The van der Waals surface area contributed by atoms with Crippen LogP contribution in [0, 0.1) is 6.57 Å². The number of carbonyl (C=O) groups is 4. The summed E-state index contributed by atoms with van der Waals surface area (Å²) in [5.41, 5.74) is 0.412. The van der Waals surface area contributed by atoms with E-state index in [-0.39, 0.29) is 50.6 Å². The standard InChI is InChI=1S/C18H25N3O7/c1-13(2)16(23)27-10-7-20(8-11-28-17(24)14(3)4)18(25)21(19-6)9-12-26-15(5)22/h1,3,7-12H2,2,4-5H3. The van der Waals surface area contributed by atoms with Crippen LogP contribution in [0.2, 0.25) is 0 Å². The first-order valence-corrected chi connectivity index (χ1v) is 8.32. The highest BCUT2D eigenvalue weighted by Gasteiger charge is 2.26. The second-order valence-corrected chi connectivity index (χ2v) is 5.67. The molecule has 10 heteroatoms. The Balaban J connectivity index is 4.92. The van der Waals surface area contributed by atoms with Gasteiger partial charge in [0.2, 0.25) is 0 Å². The number of amides is 2. The van der Waals surface area contributed by atoms with E-state index in [1.165, 1.54) is 25.7 Å². The maximum atomic E-state index is 12.6. The molecule has 0 spiro atoms. The van der Waals surface area contributed by atoms with Crippen LogP contribution in [-0.4, -0.2) is 73.3 Å². The zero-order chi connectivity index (χ0) is 21.7. The highest BCUT2D eigenvalue weighted by molar-refractivity contribution is 5.87. The average molecular weight is 395 g/mol. The van der Waals surface area contributed by atoms with Crippen molar-refractivity contribution in [1.82, 2.24) is 9.91 Å². The molecule has 0 aliphatic carbocycles. The molecule has 0 aromatic rings. The molecule has 0 unspecified atom stereocenters. The van der Waals surface area contributed by atoms with E-state index >= 15 is 0 Å². The Morgan fingerprint density at radius 1 is 0.821 bits per heavy atom. The molecular weight excluding hydrogens is 370 g/mol. The van der Waals surface area contributed by atoms with Gasteiger partial charge in [-0.1, -0.05) is 13.2 Å². The molecule has 0 bridgehead atoms. The molecule has 10 nitrogen and oxygen atoms in total. The van der Waals surface area contributed by atoms with Gasteiger partial charge in [0.05, 0.1) is 13.1 Å². The van der Waals surface area contributed by atoms with Crippen molar-refractivity contribution in [2.75, 3.05) is 39.5 Å². The number of nitrogens with zero attached hydrogens (tertiary/aromatic N) is 3. The van der Waals surface area contributed by atoms with Crippen LogP contribution in [0.15, 0.2) is 24.3 Å². The summed E-state index contributed by atoms with van der Waals surface area (Å²) in [6.07, 6.45) is 0. The molecule has 0 atom stereocenters. The Hall–Kier alpha value is -3.35. The number of ether oxygens (including phenoxy) is 3. The molecule has 154 valence electrons. The normalized spacial score (nSPS) is 9.50. The van der Waals surface area contributed by atoms with Crippen molar-refractivity contribution in [2.45, 2.75) is 20.8 Å². The van der Waals surface area contributed by atoms with Crippen molar-refractivity contribution in [3.05, 3.63) is 35.8 Å². The average Bonchev–Trinajstić information content (AvgIpc) is 2.62. The summed E-state index contributed by atoms with van der Waals surface area (Å²) in [7, 11) is 0. The molecule has 28 heavy (non-hydrogen) atoms.